The van der Waals surface area contributed by atoms with Gasteiger partial charge in [-0.2, -0.15) is 0 Å². The Hall–Kier alpha value is -2.06. The highest BCUT2D eigenvalue weighted by atomic mass is 32.2. The van der Waals surface area contributed by atoms with Gasteiger partial charge >= 0.3 is 0 Å². The fraction of sp³-hybridized carbons (Fsp3) is 0.333. The summed E-state index contributed by atoms with van der Waals surface area (Å²) in [6, 6.07) is 11.7. The van der Waals surface area contributed by atoms with Gasteiger partial charge in [0.1, 0.15) is 0 Å². The molecule has 1 aliphatic heterocycles. The first-order valence-electron chi connectivity index (χ1n) is 8.46. The molecule has 0 unspecified atom stereocenters. The Morgan fingerprint density at radius 3 is 2.54 bits per heavy atom. The lowest BCUT2D eigenvalue weighted by Gasteiger charge is -2.30. The Balaban J connectivity index is 1.97. The molecule has 2 aromatic carbocycles. The quantitative estimate of drug-likeness (QED) is 0.845. The maximum absolute atomic E-state index is 12.6. The van der Waals surface area contributed by atoms with E-state index in [9.17, 15) is 16.8 Å². The van der Waals surface area contributed by atoms with Crippen molar-refractivity contribution < 1.29 is 16.8 Å². The van der Waals surface area contributed by atoms with Crippen LogP contribution >= 0.6 is 0 Å². The van der Waals surface area contributed by atoms with Gasteiger partial charge in [-0.05, 0) is 62.1 Å². The second-order valence-electron chi connectivity index (χ2n) is 6.34. The number of nitrogens with zero attached hydrogens (tertiary/aromatic N) is 1. The van der Waals surface area contributed by atoms with E-state index in [1.165, 1.54) is 10.4 Å². The van der Waals surface area contributed by atoms with E-state index in [4.69, 9.17) is 0 Å². The molecule has 1 N–H and O–H groups in total. The third kappa shape index (κ3) is 3.71. The molecule has 0 bridgehead atoms. The van der Waals surface area contributed by atoms with Crippen LogP contribution in [0.4, 0.5) is 11.4 Å². The van der Waals surface area contributed by atoms with Crippen LogP contribution in [-0.2, 0) is 26.5 Å². The first kappa shape index (κ1) is 18.7. The Kier molecular flexibility index (Phi) is 4.98. The van der Waals surface area contributed by atoms with Gasteiger partial charge < -0.3 is 0 Å². The van der Waals surface area contributed by atoms with Gasteiger partial charge in [-0.25, -0.2) is 16.8 Å². The van der Waals surface area contributed by atoms with Crippen molar-refractivity contribution in [3.63, 3.8) is 0 Å². The highest BCUT2D eigenvalue weighted by Gasteiger charge is 2.26. The van der Waals surface area contributed by atoms with E-state index in [2.05, 4.69) is 4.72 Å². The van der Waals surface area contributed by atoms with Crippen molar-refractivity contribution in [3.8, 4) is 0 Å². The van der Waals surface area contributed by atoms with Crippen LogP contribution in [0.15, 0.2) is 47.4 Å². The van der Waals surface area contributed by atoms with Crippen molar-refractivity contribution in [2.75, 3.05) is 21.3 Å². The molecule has 0 saturated heterocycles. The molecule has 0 saturated carbocycles. The number of aryl methyl sites for hydroxylation is 2. The molecular weight excluding hydrogens is 372 g/mol. The van der Waals surface area contributed by atoms with Crippen LogP contribution < -0.4 is 9.03 Å². The maximum atomic E-state index is 12.6. The van der Waals surface area contributed by atoms with Crippen molar-refractivity contribution >= 4 is 31.4 Å². The minimum Gasteiger partial charge on any atom is -0.280 e. The molecule has 0 fully saturated rings. The van der Waals surface area contributed by atoms with Crippen LogP contribution in [0, 0.1) is 6.92 Å². The normalized spacial score (nSPS) is 14.8. The Morgan fingerprint density at radius 1 is 1.08 bits per heavy atom. The molecule has 26 heavy (non-hydrogen) atoms. The standard InChI is InChI=1S/C18H22N2O4S2/c1-3-25(21,22)20-11-5-7-15-9-10-16(13-18(15)20)19-26(23,24)17-8-4-6-14(2)12-17/h4,6,8-10,12-13,19H,3,5,7,11H2,1-2H3. The van der Waals surface area contributed by atoms with E-state index in [0.29, 0.717) is 17.9 Å². The number of anilines is 2. The Bertz CT molecular complexity index is 1030. The zero-order valence-corrected chi connectivity index (χ0v) is 16.4. The molecule has 8 heteroatoms. The molecule has 1 aliphatic rings. The lowest BCUT2D eigenvalue weighted by atomic mass is 10.0. The summed E-state index contributed by atoms with van der Waals surface area (Å²) in [5.41, 5.74) is 2.66. The van der Waals surface area contributed by atoms with Gasteiger partial charge in [0.15, 0.2) is 0 Å². The first-order chi connectivity index (χ1) is 12.2. The van der Waals surface area contributed by atoms with Gasteiger partial charge in [0.25, 0.3) is 10.0 Å². The molecule has 0 amide bonds. The second-order valence-corrected chi connectivity index (χ2v) is 10.2. The fourth-order valence-corrected chi connectivity index (χ4v) is 5.39. The predicted octanol–water partition coefficient (Wildman–Crippen LogP) is 2.90. The largest absolute Gasteiger partial charge is 0.280 e. The highest BCUT2D eigenvalue weighted by molar-refractivity contribution is 7.93. The molecule has 140 valence electrons. The molecular formula is C18H22N2O4S2. The number of hydrogen-bond acceptors (Lipinski definition) is 4. The van der Waals surface area contributed by atoms with Gasteiger partial charge in [-0.3, -0.25) is 9.03 Å². The van der Waals surface area contributed by atoms with E-state index in [0.717, 1.165) is 24.0 Å². The number of hydrogen-bond donors (Lipinski definition) is 1. The molecule has 0 radical (unpaired) electrons. The van der Waals surface area contributed by atoms with Crippen LogP contribution in [0.5, 0.6) is 0 Å². The number of rotatable bonds is 5. The summed E-state index contributed by atoms with van der Waals surface area (Å²) < 4.78 is 53.9. The van der Waals surface area contributed by atoms with Crippen molar-refractivity contribution in [2.24, 2.45) is 0 Å². The summed E-state index contributed by atoms with van der Waals surface area (Å²) in [5, 5.41) is 0. The number of nitrogens with one attached hydrogen (secondary N) is 1. The van der Waals surface area contributed by atoms with Crippen molar-refractivity contribution in [3.05, 3.63) is 53.6 Å². The van der Waals surface area contributed by atoms with Gasteiger partial charge in [-0.15, -0.1) is 0 Å². The Labute approximate surface area is 155 Å². The summed E-state index contributed by atoms with van der Waals surface area (Å²) in [6.45, 7) is 3.84. The lowest BCUT2D eigenvalue weighted by molar-refractivity contribution is 0.588. The average molecular weight is 395 g/mol. The van der Waals surface area contributed by atoms with Crippen LogP contribution in [0.25, 0.3) is 0 Å². The van der Waals surface area contributed by atoms with E-state index in [1.807, 2.05) is 13.0 Å². The van der Waals surface area contributed by atoms with Gasteiger partial charge in [-0.1, -0.05) is 18.2 Å². The lowest BCUT2D eigenvalue weighted by Crippen LogP contribution is -2.36. The number of fused-ring (bicyclic) bond motifs is 1. The fourth-order valence-electron chi connectivity index (χ4n) is 3.05. The summed E-state index contributed by atoms with van der Waals surface area (Å²) in [5.74, 6) is 0.00564. The monoisotopic (exact) mass is 394 g/mol. The number of sulfonamides is 2. The molecule has 3 rings (SSSR count). The van der Waals surface area contributed by atoms with Crippen LogP contribution in [0.2, 0.25) is 0 Å². The molecule has 0 aromatic heterocycles. The molecule has 0 atom stereocenters. The maximum Gasteiger partial charge on any atom is 0.261 e. The topological polar surface area (TPSA) is 83.6 Å². The van der Waals surface area contributed by atoms with E-state index < -0.39 is 20.0 Å². The summed E-state index contributed by atoms with van der Waals surface area (Å²) in [7, 11) is -7.14. The van der Waals surface area contributed by atoms with E-state index >= 15 is 0 Å². The predicted molar refractivity (Wildman–Crippen MR) is 104 cm³/mol. The van der Waals surface area contributed by atoms with Crippen molar-refractivity contribution in [2.45, 2.75) is 31.6 Å². The zero-order chi connectivity index (χ0) is 18.9. The van der Waals surface area contributed by atoms with E-state index in [1.54, 1.807) is 37.3 Å². The van der Waals surface area contributed by atoms with E-state index in [-0.39, 0.29) is 10.6 Å². The minimum absolute atomic E-state index is 0.00564. The van der Waals surface area contributed by atoms with Crippen molar-refractivity contribution in [1.29, 1.82) is 0 Å². The smallest absolute Gasteiger partial charge is 0.261 e. The van der Waals surface area contributed by atoms with Crippen LogP contribution in [0.3, 0.4) is 0 Å². The first-order valence-corrected chi connectivity index (χ1v) is 11.5. The molecule has 0 spiro atoms. The van der Waals surface area contributed by atoms with Crippen LogP contribution in [-0.4, -0.2) is 29.1 Å². The summed E-state index contributed by atoms with van der Waals surface area (Å²) in [4.78, 5) is 0.174. The van der Waals surface area contributed by atoms with Gasteiger partial charge in [0, 0.05) is 6.54 Å². The molecule has 0 aliphatic carbocycles. The molecule has 2 aromatic rings. The highest BCUT2D eigenvalue weighted by Crippen LogP contribution is 2.32. The van der Waals surface area contributed by atoms with Gasteiger partial charge in [0.2, 0.25) is 10.0 Å². The zero-order valence-electron chi connectivity index (χ0n) is 14.8. The third-order valence-electron chi connectivity index (χ3n) is 4.41. The SMILES string of the molecule is CCS(=O)(=O)N1CCCc2ccc(NS(=O)(=O)c3cccc(C)c3)cc21. The van der Waals surface area contributed by atoms with Crippen LogP contribution in [0.1, 0.15) is 24.5 Å². The van der Waals surface area contributed by atoms with Gasteiger partial charge in [0.05, 0.1) is 22.0 Å². The molecule has 6 nitrogen and oxygen atoms in total. The summed E-state index contributed by atoms with van der Waals surface area (Å²) in [6.07, 6.45) is 1.52. The number of benzene rings is 2. The Morgan fingerprint density at radius 2 is 1.85 bits per heavy atom. The second kappa shape index (κ2) is 6.92. The van der Waals surface area contributed by atoms with Crippen molar-refractivity contribution in [1.82, 2.24) is 0 Å². The molecule has 1 heterocycles. The average Bonchev–Trinajstić information content (AvgIpc) is 2.60. The summed E-state index contributed by atoms with van der Waals surface area (Å²) >= 11 is 0. The minimum atomic E-state index is -3.74. The third-order valence-corrected chi connectivity index (χ3v) is 7.57.